The summed E-state index contributed by atoms with van der Waals surface area (Å²) in [5, 5.41) is 15.7. The van der Waals surface area contributed by atoms with Crippen molar-refractivity contribution >= 4 is 43.7 Å². The average Bonchev–Trinajstić information content (AvgIpc) is 3.74. The summed E-state index contributed by atoms with van der Waals surface area (Å²) < 4.78 is 8.66. The SMILES string of the molecule is N#Cc1c(-c2ccccn2)c(-c2ccccn2)c(-c2ccccn2)c(-c2ccccn2)c1-n1c2ccccc2c2cc3c(cc21)oc1ccccc13. The number of nitriles is 1. The Morgan fingerprint density at radius 3 is 1.56 bits per heavy atom. The van der Waals surface area contributed by atoms with Crippen molar-refractivity contribution in [2.75, 3.05) is 0 Å². The lowest BCUT2D eigenvalue weighted by atomic mass is 9.83. The third-order valence-corrected chi connectivity index (χ3v) is 9.66. The lowest BCUT2D eigenvalue weighted by Gasteiger charge is -2.25. The number of para-hydroxylation sites is 2. The molecule has 0 aliphatic rings. The Morgan fingerprint density at radius 2 is 0.962 bits per heavy atom. The summed E-state index contributed by atoms with van der Waals surface area (Å²) in [6.07, 6.45) is 7.09. The van der Waals surface area contributed by atoms with Crippen LogP contribution in [0.3, 0.4) is 0 Å². The molecule has 52 heavy (non-hydrogen) atoms. The maximum atomic E-state index is 11.5. The fourth-order valence-corrected chi connectivity index (χ4v) is 7.56. The van der Waals surface area contributed by atoms with Gasteiger partial charge in [-0.15, -0.1) is 0 Å². The number of fused-ring (bicyclic) bond motifs is 6. The van der Waals surface area contributed by atoms with Crippen LogP contribution >= 0.6 is 0 Å². The van der Waals surface area contributed by atoms with Gasteiger partial charge in [-0.3, -0.25) is 19.9 Å². The predicted octanol–water partition coefficient (Wildman–Crippen LogP) is 10.8. The molecule has 0 fully saturated rings. The molecular formula is C45H26N6O. The van der Waals surface area contributed by atoms with Crippen molar-refractivity contribution in [2.24, 2.45) is 0 Å². The van der Waals surface area contributed by atoms with Gasteiger partial charge in [0.05, 0.1) is 45.1 Å². The zero-order chi connectivity index (χ0) is 34.6. The maximum Gasteiger partial charge on any atom is 0.137 e. The number of nitrogens with zero attached hydrogens (tertiary/aromatic N) is 6. The van der Waals surface area contributed by atoms with E-state index in [0.717, 1.165) is 60.4 Å². The van der Waals surface area contributed by atoms with E-state index in [9.17, 15) is 5.26 Å². The highest BCUT2D eigenvalue weighted by atomic mass is 16.3. The molecule has 0 radical (unpaired) electrons. The number of pyridine rings is 4. The van der Waals surface area contributed by atoms with E-state index in [1.54, 1.807) is 24.8 Å². The Morgan fingerprint density at radius 1 is 0.442 bits per heavy atom. The molecule has 6 heterocycles. The van der Waals surface area contributed by atoms with Gasteiger partial charge in [-0.1, -0.05) is 60.7 Å². The summed E-state index contributed by atoms with van der Waals surface area (Å²) in [4.78, 5) is 19.6. The third-order valence-electron chi connectivity index (χ3n) is 9.66. The Bertz CT molecular complexity index is 3000. The average molecular weight is 667 g/mol. The molecule has 7 heteroatoms. The predicted molar refractivity (Wildman–Crippen MR) is 206 cm³/mol. The summed E-state index contributed by atoms with van der Waals surface area (Å²) in [6, 6.07) is 46.7. The van der Waals surface area contributed by atoms with E-state index < -0.39 is 0 Å². The molecule has 0 saturated heterocycles. The first-order valence-corrected chi connectivity index (χ1v) is 16.9. The van der Waals surface area contributed by atoms with Crippen molar-refractivity contribution < 1.29 is 4.42 Å². The molecule has 0 saturated carbocycles. The fourth-order valence-electron chi connectivity index (χ4n) is 7.56. The Balaban J connectivity index is 1.49. The van der Waals surface area contributed by atoms with Gasteiger partial charge in [0.1, 0.15) is 17.2 Å². The third kappa shape index (κ3) is 4.45. The van der Waals surface area contributed by atoms with Gasteiger partial charge in [-0.25, -0.2) is 0 Å². The van der Waals surface area contributed by atoms with Crippen LogP contribution < -0.4 is 0 Å². The number of furan rings is 1. The van der Waals surface area contributed by atoms with Crippen LogP contribution in [0.5, 0.6) is 0 Å². The van der Waals surface area contributed by atoms with Crippen LogP contribution in [0.1, 0.15) is 5.56 Å². The summed E-state index contributed by atoms with van der Waals surface area (Å²) in [6.45, 7) is 0. The van der Waals surface area contributed by atoms with Crippen molar-refractivity contribution in [1.82, 2.24) is 24.5 Å². The summed E-state index contributed by atoms with van der Waals surface area (Å²) in [5.41, 5.74) is 10.2. The monoisotopic (exact) mass is 666 g/mol. The van der Waals surface area contributed by atoms with Crippen LogP contribution in [0.25, 0.3) is 94.5 Å². The molecule has 10 aromatic rings. The first-order chi connectivity index (χ1) is 25.8. The number of rotatable bonds is 5. The molecule has 0 aliphatic heterocycles. The molecule has 0 amide bonds. The number of hydrogen-bond acceptors (Lipinski definition) is 6. The van der Waals surface area contributed by atoms with Crippen molar-refractivity contribution in [1.29, 1.82) is 5.26 Å². The van der Waals surface area contributed by atoms with E-state index in [1.807, 2.05) is 97.1 Å². The topological polar surface area (TPSA) is 93.4 Å². The van der Waals surface area contributed by atoms with Gasteiger partial charge in [0, 0.05) is 74.7 Å². The maximum absolute atomic E-state index is 11.5. The van der Waals surface area contributed by atoms with Gasteiger partial charge < -0.3 is 8.98 Å². The molecule has 0 spiro atoms. The Kier molecular flexibility index (Phi) is 6.73. The minimum absolute atomic E-state index is 0.437. The van der Waals surface area contributed by atoms with E-state index in [1.165, 1.54) is 0 Å². The van der Waals surface area contributed by atoms with E-state index in [4.69, 9.17) is 24.4 Å². The molecule has 4 aromatic carbocycles. The highest BCUT2D eigenvalue weighted by molar-refractivity contribution is 6.18. The molecule has 0 aliphatic carbocycles. The van der Waals surface area contributed by atoms with E-state index in [-0.39, 0.29) is 0 Å². The van der Waals surface area contributed by atoms with Gasteiger partial charge in [0.25, 0.3) is 0 Å². The van der Waals surface area contributed by atoms with Crippen LogP contribution in [0.2, 0.25) is 0 Å². The molecular weight excluding hydrogens is 641 g/mol. The molecule has 7 nitrogen and oxygen atoms in total. The van der Waals surface area contributed by atoms with Crippen molar-refractivity contribution in [3.05, 3.63) is 164 Å². The molecule has 242 valence electrons. The Labute approximate surface area is 297 Å². The van der Waals surface area contributed by atoms with E-state index >= 15 is 0 Å². The molecule has 10 rings (SSSR count). The van der Waals surface area contributed by atoms with Crippen LogP contribution in [0, 0.1) is 11.3 Å². The van der Waals surface area contributed by atoms with E-state index in [2.05, 4.69) is 47.0 Å². The summed E-state index contributed by atoms with van der Waals surface area (Å²) >= 11 is 0. The lowest BCUT2D eigenvalue weighted by Crippen LogP contribution is -2.09. The second-order valence-electron chi connectivity index (χ2n) is 12.5. The van der Waals surface area contributed by atoms with Crippen LogP contribution in [0.15, 0.2) is 163 Å². The van der Waals surface area contributed by atoms with Gasteiger partial charge >= 0.3 is 0 Å². The highest BCUT2D eigenvalue weighted by Gasteiger charge is 2.32. The van der Waals surface area contributed by atoms with Gasteiger partial charge in [0.15, 0.2) is 0 Å². The van der Waals surface area contributed by atoms with E-state index in [0.29, 0.717) is 39.6 Å². The normalized spacial score (nSPS) is 11.4. The second kappa shape index (κ2) is 11.9. The van der Waals surface area contributed by atoms with Crippen molar-refractivity contribution in [2.45, 2.75) is 0 Å². The smallest absolute Gasteiger partial charge is 0.137 e. The molecule has 6 aromatic heterocycles. The minimum Gasteiger partial charge on any atom is -0.456 e. The standard InChI is InChI=1S/C45H26N6O/c46-27-32-41(33-15-5-9-21-47-33)42(34-16-6-10-22-48-34)43(35-17-7-11-23-49-35)44(36-18-8-12-24-50-36)45(32)51-37-19-3-1-13-28(37)30-25-31-29-14-2-4-20-39(29)52-40(31)26-38(30)51/h1-26H. The summed E-state index contributed by atoms with van der Waals surface area (Å²) in [7, 11) is 0. The number of aromatic nitrogens is 5. The van der Waals surface area contributed by atoms with Gasteiger partial charge in [-0.05, 0) is 66.7 Å². The Hall–Kier alpha value is -7.43. The quantitative estimate of drug-likeness (QED) is 0.181. The molecule has 0 N–H and O–H groups in total. The lowest BCUT2D eigenvalue weighted by molar-refractivity contribution is 0.669. The van der Waals surface area contributed by atoms with Crippen molar-refractivity contribution in [3.63, 3.8) is 0 Å². The van der Waals surface area contributed by atoms with Crippen LogP contribution in [-0.2, 0) is 0 Å². The molecule has 0 atom stereocenters. The first-order valence-electron chi connectivity index (χ1n) is 16.9. The number of hydrogen-bond donors (Lipinski definition) is 0. The zero-order valence-electron chi connectivity index (χ0n) is 27.6. The van der Waals surface area contributed by atoms with Gasteiger partial charge in [-0.2, -0.15) is 5.26 Å². The molecule has 0 bridgehead atoms. The minimum atomic E-state index is 0.437. The fraction of sp³-hybridized carbons (Fsp3) is 0. The summed E-state index contributed by atoms with van der Waals surface area (Å²) in [5.74, 6) is 0. The first kappa shape index (κ1) is 29.5. The highest BCUT2D eigenvalue weighted by Crippen LogP contribution is 2.51. The second-order valence-corrected chi connectivity index (χ2v) is 12.5. The van der Waals surface area contributed by atoms with Crippen LogP contribution in [-0.4, -0.2) is 24.5 Å². The zero-order valence-corrected chi connectivity index (χ0v) is 27.6. The largest absolute Gasteiger partial charge is 0.456 e. The molecule has 0 unspecified atom stereocenters. The van der Waals surface area contributed by atoms with Crippen LogP contribution in [0.4, 0.5) is 0 Å². The van der Waals surface area contributed by atoms with Gasteiger partial charge in [0.2, 0.25) is 0 Å². The van der Waals surface area contributed by atoms with Crippen molar-refractivity contribution in [3.8, 4) is 56.8 Å². The number of benzene rings is 4.